The number of amides is 1. The maximum absolute atomic E-state index is 12.0. The number of rotatable bonds is 3. The molecule has 0 spiro atoms. The highest BCUT2D eigenvalue weighted by atomic mass is 79.9. The van der Waals surface area contributed by atoms with Gasteiger partial charge in [-0.05, 0) is 34.1 Å². The van der Waals surface area contributed by atoms with Crippen LogP contribution in [0.15, 0.2) is 41.0 Å². The first-order chi connectivity index (χ1) is 9.08. The minimum atomic E-state index is -0.564. The summed E-state index contributed by atoms with van der Waals surface area (Å²) in [6.07, 6.45) is 1.47. The van der Waals surface area contributed by atoms with Crippen molar-refractivity contribution in [3.8, 4) is 0 Å². The summed E-state index contributed by atoms with van der Waals surface area (Å²) < 4.78 is 0.458. The number of hydrogen-bond donors (Lipinski definition) is 1. The average molecular weight is 323 g/mol. The second-order valence-electron chi connectivity index (χ2n) is 3.48. The van der Waals surface area contributed by atoms with Crippen molar-refractivity contribution in [3.63, 3.8) is 0 Å². The van der Waals surface area contributed by atoms with Crippen molar-refractivity contribution in [2.45, 2.75) is 0 Å². The summed E-state index contributed by atoms with van der Waals surface area (Å²) in [4.78, 5) is 22.1. The fourth-order valence-electron chi connectivity index (χ4n) is 1.35. The zero-order valence-corrected chi connectivity index (χ0v) is 11.0. The standard InChI is InChI=1S/C11H7BrN4O3/c12-9-4-3-7(16(18)19)6-8(9)11(17)14-10-2-1-5-13-15-10/h1-6H,(H,14,15,17). The summed E-state index contributed by atoms with van der Waals surface area (Å²) in [5.74, 6) is -0.234. The summed E-state index contributed by atoms with van der Waals surface area (Å²) >= 11 is 3.17. The minimum absolute atomic E-state index is 0.153. The van der Waals surface area contributed by atoms with E-state index < -0.39 is 10.8 Å². The van der Waals surface area contributed by atoms with Crippen molar-refractivity contribution in [2.24, 2.45) is 0 Å². The first kappa shape index (κ1) is 13.1. The third kappa shape index (κ3) is 3.10. The van der Waals surface area contributed by atoms with Crippen molar-refractivity contribution >= 4 is 33.3 Å². The van der Waals surface area contributed by atoms with E-state index >= 15 is 0 Å². The largest absolute Gasteiger partial charge is 0.305 e. The molecule has 0 saturated heterocycles. The van der Waals surface area contributed by atoms with Crippen LogP contribution in [0.2, 0.25) is 0 Å². The number of aromatic nitrogens is 2. The van der Waals surface area contributed by atoms with Crippen molar-refractivity contribution in [1.82, 2.24) is 10.2 Å². The van der Waals surface area contributed by atoms with Gasteiger partial charge in [0.1, 0.15) is 0 Å². The smallest absolute Gasteiger partial charge is 0.270 e. The van der Waals surface area contributed by atoms with Gasteiger partial charge < -0.3 is 5.32 Å². The summed E-state index contributed by atoms with van der Waals surface area (Å²) in [5, 5.41) is 20.5. The van der Waals surface area contributed by atoms with E-state index in [9.17, 15) is 14.9 Å². The zero-order chi connectivity index (χ0) is 13.8. The van der Waals surface area contributed by atoms with Crippen molar-refractivity contribution in [1.29, 1.82) is 0 Å². The SMILES string of the molecule is O=C(Nc1cccnn1)c1cc([N+](=O)[O-])ccc1Br. The van der Waals surface area contributed by atoms with Gasteiger partial charge in [-0.2, -0.15) is 5.10 Å². The van der Waals surface area contributed by atoms with Crippen LogP contribution in [0.25, 0.3) is 0 Å². The highest BCUT2D eigenvalue weighted by Crippen LogP contribution is 2.23. The van der Waals surface area contributed by atoms with Gasteiger partial charge in [-0.25, -0.2) is 0 Å². The zero-order valence-electron chi connectivity index (χ0n) is 9.41. The number of hydrogen-bond acceptors (Lipinski definition) is 5. The second kappa shape index (κ2) is 5.53. The molecule has 0 bridgehead atoms. The second-order valence-corrected chi connectivity index (χ2v) is 4.34. The van der Waals surface area contributed by atoms with Gasteiger partial charge in [0.25, 0.3) is 11.6 Å². The monoisotopic (exact) mass is 322 g/mol. The van der Waals surface area contributed by atoms with Crippen LogP contribution in [-0.4, -0.2) is 21.0 Å². The fraction of sp³-hybridized carbons (Fsp3) is 0. The maximum Gasteiger partial charge on any atom is 0.270 e. The van der Waals surface area contributed by atoms with Crippen LogP contribution in [0.4, 0.5) is 11.5 Å². The van der Waals surface area contributed by atoms with Crippen LogP contribution >= 0.6 is 15.9 Å². The molecule has 0 fully saturated rings. The fourth-order valence-corrected chi connectivity index (χ4v) is 1.78. The Morgan fingerprint density at radius 1 is 1.37 bits per heavy atom. The number of non-ortho nitro benzene ring substituents is 1. The number of nitro benzene ring substituents is 1. The van der Waals surface area contributed by atoms with Crippen LogP contribution in [0.1, 0.15) is 10.4 Å². The lowest BCUT2D eigenvalue weighted by Gasteiger charge is -2.05. The molecular formula is C11H7BrN4O3. The van der Waals surface area contributed by atoms with Gasteiger partial charge in [0.15, 0.2) is 5.82 Å². The van der Waals surface area contributed by atoms with E-state index in [2.05, 4.69) is 31.4 Å². The molecule has 7 nitrogen and oxygen atoms in total. The van der Waals surface area contributed by atoms with Gasteiger partial charge in [-0.1, -0.05) is 0 Å². The lowest BCUT2D eigenvalue weighted by atomic mass is 10.2. The molecule has 19 heavy (non-hydrogen) atoms. The van der Waals surface area contributed by atoms with Crippen LogP contribution in [0.5, 0.6) is 0 Å². The molecule has 8 heteroatoms. The Bertz CT molecular complexity index is 633. The normalized spacial score (nSPS) is 9.95. The molecule has 96 valence electrons. The molecule has 1 heterocycles. The number of anilines is 1. The third-order valence-corrected chi connectivity index (χ3v) is 2.91. The Kier molecular flexibility index (Phi) is 3.81. The molecule has 1 aromatic carbocycles. The molecule has 0 unspecified atom stereocenters. The molecule has 2 aromatic rings. The molecule has 0 aliphatic carbocycles. The predicted octanol–water partition coefficient (Wildman–Crippen LogP) is 2.40. The van der Waals surface area contributed by atoms with E-state index in [1.54, 1.807) is 12.1 Å². The third-order valence-electron chi connectivity index (χ3n) is 2.22. The first-order valence-corrected chi connectivity index (χ1v) is 5.90. The molecule has 0 radical (unpaired) electrons. The lowest BCUT2D eigenvalue weighted by molar-refractivity contribution is -0.384. The van der Waals surface area contributed by atoms with Crippen molar-refractivity contribution < 1.29 is 9.72 Å². The average Bonchev–Trinajstić information content (AvgIpc) is 2.40. The first-order valence-electron chi connectivity index (χ1n) is 5.11. The molecule has 1 aromatic heterocycles. The van der Waals surface area contributed by atoms with E-state index in [0.29, 0.717) is 4.47 Å². The van der Waals surface area contributed by atoms with Crippen molar-refractivity contribution in [3.05, 3.63) is 56.7 Å². The van der Waals surface area contributed by atoms with E-state index in [1.165, 1.54) is 24.4 Å². The number of nitrogens with zero attached hydrogens (tertiary/aromatic N) is 3. The summed E-state index contributed by atoms with van der Waals surface area (Å²) in [7, 11) is 0. The number of nitro groups is 1. The summed E-state index contributed by atoms with van der Waals surface area (Å²) in [5.41, 5.74) is -0.00708. The minimum Gasteiger partial charge on any atom is -0.305 e. The number of benzene rings is 1. The van der Waals surface area contributed by atoms with Crippen LogP contribution in [-0.2, 0) is 0 Å². The maximum atomic E-state index is 12.0. The van der Waals surface area contributed by atoms with Crippen molar-refractivity contribution in [2.75, 3.05) is 5.32 Å². The Hall–Kier alpha value is -2.35. The summed E-state index contributed by atoms with van der Waals surface area (Å²) in [6.45, 7) is 0. The number of halogens is 1. The quantitative estimate of drug-likeness (QED) is 0.691. The Morgan fingerprint density at radius 3 is 2.79 bits per heavy atom. The van der Waals surface area contributed by atoms with E-state index in [0.717, 1.165) is 0 Å². The molecule has 0 saturated carbocycles. The summed E-state index contributed by atoms with van der Waals surface area (Å²) in [6, 6.07) is 7.13. The Labute approximate surface area is 115 Å². The van der Waals surface area contributed by atoms with E-state index in [-0.39, 0.29) is 17.1 Å². The van der Waals surface area contributed by atoms with Crippen LogP contribution in [0, 0.1) is 10.1 Å². The van der Waals surface area contributed by atoms with Gasteiger partial charge in [-0.3, -0.25) is 14.9 Å². The molecule has 0 aliphatic heterocycles. The number of nitrogens with one attached hydrogen (secondary N) is 1. The molecule has 0 atom stereocenters. The van der Waals surface area contributed by atoms with E-state index in [1.807, 2.05) is 0 Å². The molecule has 0 aliphatic rings. The Morgan fingerprint density at radius 2 is 2.16 bits per heavy atom. The highest BCUT2D eigenvalue weighted by Gasteiger charge is 2.16. The Balaban J connectivity index is 2.28. The highest BCUT2D eigenvalue weighted by molar-refractivity contribution is 9.10. The molecule has 1 amide bonds. The van der Waals surface area contributed by atoms with Gasteiger partial charge in [0.2, 0.25) is 0 Å². The van der Waals surface area contributed by atoms with Gasteiger partial charge in [0.05, 0.1) is 10.5 Å². The lowest BCUT2D eigenvalue weighted by Crippen LogP contribution is -2.14. The predicted molar refractivity (Wildman–Crippen MR) is 70.8 cm³/mol. The van der Waals surface area contributed by atoms with Crippen LogP contribution in [0.3, 0.4) is 0 Å². The van der Waals surface area contributed by atoms with Gasteiger partial charge in [-0.15, -0.1) is 5.10 Å². The molecule has 1 N–H and O–H groups in total. The van der Waals surface area contributed by atoms with E-state index in [4.69, 9.17) is 0 Å². The van der Waals surface area contributed by atoms with Gasteiger partial charge >= 0.3 is 0 Å². The topological polar surface area (TPSA) is 98.0 Å². The molecule has 2 rings (SSSR count). The van der Waals surface area contributed by atoms with Crippen LogP contribution < -0.4 is 5.32 Å². The number of carbonyl (C=O) groups is 1. The van der Waals surface area contributed by atoms with Gasteiger partial charge in [0, 0.05) is 22.8 Å². The number of carbonyl (C=O) groups excluding carboxylic acids is 1. The molecular weight excluding hydrogens is 316 g/mol.